The maximum absolute atomic E-state index is 13.2. The summed E-state index contributed by atoms with van der Waals surface area (Å²) in [6.07, 6.45) is 5.77. The van der Waals surface area contributed by atoms with Gasteiger partial charge in [0.15, 0.2) is 0 Å². The molecule has 164 valence electrons. The summed E-state index contributed by atoms with van der Waals surface area (Å²) in [6.45, 7) is 4.45. The van der Waals surface area contributed by atoms with Crippen LogP contribution in [0.25, 0.3) is 0 Å². The number of pyridine rings is 1. The molecule has 0 bridgehead atoms. The van der Waals surface area contributed by atoms with Gasteiger partial charge in [-0.1, -0.05) is 0 Å². The quantitative estimate of drug-likeness (QED) is 0.555. The van der Waals surface area contributed by atoms with Gasteiger partial charge >= 0.3 is 0 Å². The lowest BCUT2D eigenvalue weighted by Crippen LogP contribution is -2.44. The fraction of sp³-hybridized carbons (Fsp3) is 0.722. The van der Waals surface area contributed by atoms with Crippen molar-refractivity contribution in [3.8, 4) is 0 Å². The first-order chi connectivity index (χ1) is 12.1. The summed E-state index contributed by atoms with van der Waals surface area (Å²) >= 11 is 0. The van der Waals surface area contributed by atoms with Crippen LogP contribution in [-0.4, -0.2) is 42.9 Å². The normalized spacial score (nSPS) is 21.3. The third-order valence-electron chi connectivity index (χ3n) is 5.20. The molecule has 0 aliphatic heterocycles. The molecular weight excluding hydrogens is 428 g/mol. The van der Waals surface area contributed by atoms with E-state index in [1.54, 1.807) is 0 Å². The lowest BCUT2D eigenvalue weighted by Gasteiger charge is -2.35. The van der Waals surface area contributed by atoms with E-state index in [9.17, 15) is 17.9 Å². The van der Waals surface area contributed by atoms with E-state index in [0.29, 0.717) is 30.9 Å². The molecule has 1 heterocycles. The average molecular weight is 460 g/mol. The van der Waals surface area contributed by atoms with Crippen molar-refractivity contribution in [2.24, 2.45) is 5.92 Å². The smallest absolute Gasteiger partial charge is 0.214 e. The Morgan fingerprint density at radius 3 is 2.39 bits per heavy atom. The van der Waals surface area contributed by atoms with Crippen LogP contribution in [0.3, 0.4) is 0 Å². The maximum atomic E-state index is 13.2. The average Bonchev–Trinajstić information content (AvgIpc) is 2.60. The summed E-state index contributed by atoms with van der Waals surface area (Å²) in [5.41, 5.74) is 0.243. The van der Waals surface area contributed by atoms with Crippen LogP contribution in [0.1, 0.15) is 57.6 Å². The van der Waals surface area contributed by atoms with Gasteiger partial charge in [0.25, 0.3) is 0 Å². The number of nitrogens with zero attached hydrogens (tertiary/aromatic N) is 1. The topological polar surface area (TPSA) is 91.3 Å². The molecule has 0 aromatic carbocycles. The minimum Gasteiger partial charge on any atom is -0.387 e. The Morgan fingerprint density at radius 1 is 1.25 bits per heavy atom. The van der Waals surface area contributed by atoms with E-state index in [1.165, 1.54) is 19.3 Å². The molecule has 1 aromatic rings. The molecule has 10 heteroatoms. The van der Waals surface area contributed by atoms with Gasteiger partial charge in [0.05, 0.1) is 17.6 Å². The summed E-state index contributed by atoms with van der Waals surface area (Å²) in [5.74, 6) is -0.0112. The van der Waals surface area contributed by atoms with Gasteiger partial charge in [-0.15, -0.1) is 24.8 Å². The van der Waals surface area contributed by atoms with Crippen LogP contribution in [0.4, 0.5) is 4.39 Å². The molecule has 2 rings (SSSR count). The monoisotopic (exact) mass is 459 g/mol. The Hall–Kier alpha value is -0.510. The minimum absolute atomic E-state index is 0. The zero-order chi connectivity index (χ0) is 19.4. The molecule has 0 saturated heterocycles. The molecule has 6 nitrogen and oxygen atoms in total. The number of hydrogen-bond donors (Lipinski definition) is 3. The minimum atomic E-state index is -3.18. The molecule has 1 fully saturated rings. The van der Waals surface area contributed by atoms with Gasteiger partial charge in [-0.25, -0.2) is 17.5 Å². The van der Waals surface area contributed by atoms with E-state index in [4.69, 9.17) is 0 Å². The zero-order valence-electron chi connectivity index (χ0n) is 16.5. The van der Waals surface area contributed by atoms with Crippen LogP contribution in [-0.2, 0) is 10.0 Å². The van der Waals surface area contributed by atoms with Gasteiger partial charge in [-0.2, -0.15) is 0 Å². The third kappa shape index (κ3) is 8.08. The number of β-amino-alcohol motifs (C(OH)–C–C–N with tert-alkyl or cyclic N) is 1. The highest BCUT2D eigenvalue weighted by Crippen LogP contribution is 2.33. The van der Waals surface area contributed by atoms with Crippen molar-refractivity contribution < 1.29 is 17.9 Å². The number of aliphatic hydroxyl groups is 1. The van der Waals surface area contributed by atoms with Crippen molar-refractivity contribution in [1.29, 1.82) is 0 Å². The first-order valence-corrected chi connectivity index (χ1v) is 10.6. The number of halogens is 3. The maximum Gasteiger partial charge on any atom is 0.214 e. The molecule has 0 spiro atoms. The number of nitrogens with one attached hydrogen (secondary N) is 2. The molecule has 0 unspecified atom stereocenters. The summed E-state index contributed by atoms with van der Waals surface area (Å²) in [7, 11) is -1.71. The second-order valence-electron chi connectivity index (χ2n) is 7.81. The van der Waals surface area contributed by atoms with Gasteiger partial charge in [-0.05, 0) is 65.0 Å². The lowest BCUT2D eigenvalue weighted by molar-refractivity contribution is 0.150. The van der Waals surface area contributed by atoms with E-state index < -0.39 is 21.9 Å². The Labute approximate surface area is 180 Å². The first-order valence-electron chi connectivity index (χ1n) is 9.09. The fourth-order valence-corrected chi connectivity index (χ4v) is 4.93. The number of aliphatic hydroxyl groups excluding tert-OH is 1. The van der Waals surface area contributed by atoms with Crippen LogP contribution in [0, 0.1) is 11.7 Å². The second kappa shape index (κ2) is 11.6. The van der Waals surface area contributed by atoms with Crippen molar-refractivity contribution in [2.45, 2.75) is 62.8 Å². The molecule has 0 amide bonds. The molecule has 1 aliphatic rings. The van der Waals surface area contributed by atoms with Crippen molar-refractivity contribution in [2.75, 3.05) is 13.6 Å². The largest absolute Gasteiger partial charge is 0.387 e. The summed E-state index contributed by atoms with van der Waals surface area (Å²) < 4.78 is 39.4. The highest BCUT2D eigenvalue weighted by Gasteiger charge is 2.32. The van der Waals surface area contributed by atoms with Gasteiger partial charge in [0.2, 0.25) is 10.0 Å². The Balaban J connectivity index is 0.00000364. The van der Waals surface area contributed by atoms with Crippen molar-refractivity contribution >= 4 is 34.8 Å². The highest BCUT2D eigenvalue weighted by atomic mass is 35.5. The van der Waals surface area contributed by atoms with Crippen LogP contribution < -0.4 is 10.0 Å². The summed E-state index contributed by atoms with van der Waals surface area (Å²) in [4.78, 5) is 3.76. The van der Waals surface area contributed by atoms with Crippen molar-refractivity contribution in [3.05, 3.63) is 29.8 Å². The number of sulfonamides is 1. The molecule has 0 radical (unpaired) electrons. The van der Waals surface area contributed by atoms with Crippen LogP contribution in [0.5, 0.6) is 0 Å². The first kappa shape index (κ1) is 27.5. The van der Waals surface area contributed by atoms with E-state index in [0.717, 1.165) is 25.5 Å². The van der Waals surface area contributed by atoms with Crippen molar-refractivity contribution in [3.63, 3.8) is 0 Å². The Kier molecular flexibility index (Phi) is 11.4. The zero-order valence-corrected chi connectivity index (χ0v) is 19.0. The third-order valence-corrected chi connectivity index (χ3v) is 7.12. The summed E-state index contributed by atoms with van der Waals surface area (Å²) in [5, 5.41) is 13.3. The van der Waals surface area contributed by atoms with E-state index in [-0.39, 0.29) is 35.6 Å². The van der Waals surface area contributed by atoms with E-state index in [2.05, 4.69) is 28.9 Å². The Morgan fingerprint density at radius 2 is 1.86 bits per heavy atom. The molecular formula is C18H32Cl2FN3O3S. The van der Waals surface area contributed by atoms with Crippen LogP contribution in [0.2, 0.25) is 0 Å². The predicted molar refractivity (Wildman–Crippen MR) is 114 cm³/mol. The molecule has 28 heavy (non-hydrogen) atoms. The van der Waals surface area contributed by atoms with E-state index in [1.807, 2.05) is 0 Å². The molecule has 1 aromatic heterocycles. The van der Waals surface area contributed by atoms with Gasteiger partial charge in [0.1, 0.15) is 5.82 Å². The van der Waals surface area contributed by atoms with Gasteiger partial charge in [-0.3, -0.25) is 4.98 Å². The Bertz CT molecular complexity index is 699. The van der Waals surface area contributed by atoms with Crippen molar-refractivity contribution in [1.82, 2.24) is 15.0 Å². The number of hydrogen-bond acceptors (Lipinski definition) is 5. The molecule has 1 saturated carbocycles. The number of aromatic nitrogens is 1. The van der Waals surface area contributed by atoms with E-state index >= 15 is 0 Å². The summed E-state index contributed by atoms with van der Waals surface area (Å²) in [6, 6.07) is 1.29. The van der Waals surface area contributed by atoms with Crippen LogP contribution in [0.15, 0.2) is 18.5 Å². The highest BCUT2D eigenvalue weighted by molar-refractivity contribution is 7.90. The van der Waals surface area contributed by atoms with Gasteiger partial charge < -0.3 is 10.4 Å². The second-order valence-corrected chi connectivity index (χ2v) is 9.98. The standard InChI is InChI=1S/C18H30FN3O3S.2ClH/c1-18(2,22-12-17(23)14-8-15(19)11-21-10-14)9-13-4-6-16(7-5-13)26(24,25)20-3;;/h8,10-11,13,16-17,20,22-23H,4-7,9,12H2,1-3H3;2*1H/t13?,16?,17-;;/m0../s1. The molecule has 3 N–H and O–H groups in total. The number of rotatable bonds is 8. The SMILES string of the molecule is CNS(=O)(=O)C1CCC(CC(C)(C)NC[C@H](O)c2cncc(F)c2)CC1.Cl.Cl. The fourth-order valence-electron chi connectivity index (χ4n) is 3.71. The van der Waals surface area contributed by atoms with Crippen LogP contribution >= 0.6 is 24.8 Å². The molecule has 1 aliphatic carbocycles. The van der Waals surface area contributed by atoms with Gasteiger partial charge in [0, 0.05) is 23.8 Å². The molecule has 1 atom stereocenters. The predicted octanol–water partition coefficient (Wildman–Crippen LogP) is 2.96. The lowest BCUT2D eigenvalue weighted by atomic mass is 9.80.